The number of aromatic nitrogens is 1. The fourth-order valence-corrected chi connectivity index (χ4v) is 4.84. The van der Waals surface area contributed by atoms with E-state index in [0.717, 1.165) is 23.9 Å². The van der Waals surface area contributed by atoms with E-state index in [0.29, 0.717) is 24.0 Å². The van der Waals surface area contributed by atoms with Crippen molar-refractivity contribution in [3.05, 3.63) is 36.7 Å². The first-order valence-corrected chi connectivity index (χ1v) is 9.17. The Morgan fingerprint density at radius 3 is 2.55 bits per heavy atom. The van der Waals surface area contributed by atoms with Gasteiger partial charge in [0.2, 0.25) is 10.0 Å². The lowest BCUT2D eigenvalue weighted by Gasteiger charge is -2.34. The summed E-state index contributed by atoms with van der Waals surface area (Å²) in [6, 6.07) is 7.87. The molecule has 0 atom stereocenters. The predicted molar refractivity (Wildman–Crippen MR) is 85.1 cm³/mol. The number of hydrogen-bond donors (Lipinski definition) is 0. The van der Waals surface area contributed by atoms with E-state index < -0.39 is 10.0 Å². The Hall–Kier alpha value is -1.50. The van der Waals surface area contributed by atoms with Gasteiger partial charge in [0.25, 0.3) is 0 Å². The molecule has 1 aromatic carbocycles. The van der Waals surface area contributed by atoms with Gasteiger partial charge in [0.1, 0.15) is 0 Å². The largest absolute Gasteiger partial charge is 0.298 e. The number of benzene rings is 1. The normalized spacial score (nSPS) is 21.3. The second-order valence-electron chi connectivity index (χ2n) is 6.02. The van der Waals surface area contributed by atoms with Gasteiger partial charge >= 0.3 is 0 Å². The van der Waals surface area contributed by atoms with Crippen LogP contribution in [0.4, 0.5) is 0 Å². The molecule has 0 spiro atoms. The second kappa shape index (κ2) is 5.30. The summed E-state index contributed by atoms with van der Waals surface area (Å²) in [6.07, 6.45) is 5.89. The summed E-state index contributed by atoms with van der Waals surface area (Å²) in [6.45, 7) is 2.85. The summed E-state index contributed by atoms with van der Waals surface area (Å²) >= 11 is 0. The van der Waals surface area contributed by atoms with Crippen LogP contribution in [0.15, 0.2) is 41.6 Å². The summed E-state index contributed by atoms with van der Waals surface area (Å²) in [5.74, 6) is 0. The molecule has 0 unspecified atom stereocenters. The van der Waals surface area contributed by atoms with Crippen LogP contribution in [0.3, 0.4) is 0 Å². The van der Waals surface area contributed by atoms with Crippen molar-refractivity contribution in [3.8, 4) is 0 Å². The monoisotopic (exact) mass is 317 g/mol. The molecule has 5 nitrogen and oxygen atoms in total. The predicted octanol–water partition coefficient (Wildman–Crippen LogP) is 1.70. The first-order valence-electron chi connectivity index (χ1n) is 7.73. The quantitative estimate of drug-likeness (QED) is 0.865. The summed E-state index contributed by atoms with van der Waals surface area (Å²) in [5, 5.41) is 1.61. The maximum atomic E-state index is 13.0. The lowest BCUT2D eigenvalue weighted by Crippen LogP contribution is -2.49. The minimum absolute atomic E-state index is 0.396. The average Bonchev–Trinajstić information content (AvgIpc) is 3.39. The summed E-state index contributed by atoms with van der Waals surface area (Å²) in [4.78, 5) is 6.88. The van der Waals surface area contributed by atoms with Crippen molar-refractivity contribution in [2.24, 2.45) is 0 Å². The number of sulfonamides is 1. The molecule has 1 aliphatic heterocycles. The van der Waals surface area contributed by atoms with Gasteiger partial charge in [-0.05, 0) is 25.0 Å². The molecule has 0 bridgehead atoms. The van der Waals surface area contributed by atoms with E-state index in [1.165, 1.54) is 12.8 Å². The zero-order chi connectivity index (χ0) is 15.2. The summed E-state index contributed by atoms with van der Waals surface area (Å²) in [5.41, 5.74) is 0. The first kappa shape index (κ1) is 14.1. The van der Waals surface area contributed by atoms with Crippen molar-refractivity contribution >= 4 is 20.8 Å². The molecular formula is C16H19N3O2S. The number of fused-ring (bicyclic) bond motifs is 1. The van der Waals surface area contributed by atoms with E-state index in [1.807, 2.05) is 6.07 Å². The summed E-state index contributed by atoms with van der Waals surface area (Å²) < 4.78 is 27.6. The van der Waals surface area contributed by atoms with Crippen molar-refractivity contribution in [1.82, 2.24) is 14.2 Å². The Bertz CT molecular complexity index is 789. The third kappa shape index (κ3) is 2.41. The smallest absolute Gasteiger partial charge is 0.243 e. The van der Waals surface area contributed by atoms with Crippen LogP contribution >= 0.6 is 0 Å². The maximum absolute atomic E-state index is 13.0. The van der Waals surface area contributed by atoms with E-state index in [1.54, 1.807) is 34.9 Å². The Morgan fingerprint density at radius 1 is 1.05 bits per heavy atom. The lowest BCUT2D eigenvalue weighted by atomic mass is 10.2. The van der Waals surface area contributed by atoms with Crippen LogP contribution in [0.2, 0.25) is 0 Å². The van der Waals surface area contributed by atoms with E-state index in [-0.39, 0.29) is 0 Å². The highest BCUT2D eigenvalue weighted by Gasteiger charge is 2.35. The SMILES string of the molecule is O=S(=O)(c1cccc2cnccc12)N1CCN(C2CC2)CC1. The minimum Gasteiger partial charge on any atom is -0.298 e. The molecule has 1 saturated carbocycles. The second-order valence-corrected chi connectivity index (χ2v) is 7.93. The van der Waals surface area contributed by atoms with Gasteiger partial charge in [-0.25, -0.2) is 8.42 Å². The average molecular weight is 317 g/mol. The number of nitrogens with zero attached hydrogens (tertiary/aromatic N) is 3. The third-order valence-corrected chi connectivity index (χ3v) is 6.55. The molecule has 4 rings (SSSR count). The molecule has 2 heterocycles. The van der Waals surface area contributed by atoms with Crippen molar-refractivity contribution in [2.45, 2.75) is 23.8 Å². The fraction of sp³-hybridized carbons (Fsp3) is 0.438. The number of piperazine rings is 1. The van der Waals surface area contributed by atoms with E-state index in [4.69, 9.17) is 0 Å². The molecule has 6 heteroatoms. The third-order valence-electron chi connectivity index (χ3n) is 4.60. The molecule has 1 saturated heterocycles. The molecule has 2 fully saturated rings. The van der Waals surface area contributed by atoms with Crippen molar-refractivity contribution in [1.29, 1.82) is 0 Å². The van der Waals surface area contributed by atoms with E-state index >= 15 is 0 Å². The molecule has 1 aromatic heterocycles. The Morgan fingerprint density at radius 2 is 1.82 bits per heavy atom. The Kier molecular flexibility index (Phi) is 3.40. The molecule has 1 aliphatic carbocycles. The standard InChI is InChI=1S/C16H19N3O2S/c20-22(21,19-10-8-18(9-11-19)14-4-5-14)16-3-1-2-13-12-17-7-6-15(13)16/h1-3,6-7,12,14H,4-5,8-11H2. The van der Waals surface area contributed by atoms with Crippen LogP contribution in [-0.4, -0.2) is 54.8 Å². The van der Waals surface area contributed by atoms with Crippen LogP contribution in [0.25, 0.3) is 10.8 Å². The highest BCUT2D eigenvalue weighted by molar-refractivity contribution is 7.89. The molecule has 22 heavy (non-hydrogen) atoms. The highest BCUT2D eigenvalue weighted by atomic mass is 32.2. The van der Waals surface area contributed by atoms with Crippen molar-refractivity contribution in [2.75, 3.05) is 26.2 Å². The Balaban J connectivity index is 1.65. The van der Waals surface area contributed by atoms with Crippen molar-refractivity contribution < 1.29 is 8.42 Å². The van der Waals surface area contributed by atoms with E-state index in [9.17, 15) is 8.42 Å². The van der Waals surface area contributed by atoms with Gasteiger partial charge in [0.15, 0.2) is 0 Å². The van der Waals surface area contributed by atoms with Crippen LogP contribution < -0.4 is 0 Å². The molecule has 2 aliphatic rings. The lowest BCUT2D eigenvalue weighted by molar-refractivity contribution is 0.180. The van der Waals surface area contributed by atoms with Crippen LogP contribution in [0.5, 0.6) is 0 Å². The van der Waals surface area contributed by atoms with Crippen LogP contribution in [0, 0.1) is 0 Å². The highest BCUT2D eigenvalue weighted by Crippen LogP contribution is 2.30. The van der Waals surface area contributed by atoms with Gasteiger partial charge in [-0.15, -0.1) is 0 Å². The van der Waals surface area contributed by atoms with E-state index in [2.05, 4.69) is 9.88 Å². The van der Waals surface area contributed by atoms with Gasteiger partial charge in [-0.2, -0.15) is 4.31 Å². The molecule has 0 amide bonds. The van der Waals surface area contributed by atoms with Crippen LogP contribution in [0.1, 0.15) is 12.8 Å². The first-order chi connectivity index (χ1) is 10.7. The molecule has 0 N–H and O–H groups in total. The zero-order valence-electron chi connectivity index (χ0n) is 12.4. The fourth-order valence-electron chi connectivity index (χ4n) is 3.21. The number of hydrogen-bond acceptors (Lipinski definition) is 4. The van der Waals surface area contributed by atoms with Crippen molar-refractivity contribution in [3.63, 3.8) is 0 Å². The van der Waals surface area contributed by atoms with Gasteiger partial charge in [0.05, 0.1) is 4.90 Å². The molecule has 2 aromatic rings. The maximum Gasteiger partial charge on any atom is 0.243 e. The van der Waals surface area contributed by atoms with Gasteiger partial charge in [-0.3, -0.25) is 9.88 Å². The summed E-state index contributed by atoms with van der Waals surface area (Å²) in [7, 11) is -3.44. The zero-order valence-corrected chi connectivity index (χ0v) is 13.2. The molecule has 0 radical (unpaired) electrons. The van der Waals surface area contributed by atoms with Gasteiger partial charge in [0, 0.05) is 55.4 Å². The van der Waals surface area contributed by atoms with Gasteiger partial charge < -0.3 is 0 Å². The van der Waals surface area contributed by atoms with Gasteiger partial charge in [-0.1, -0.05) is 12.1 Å². The molecular weight excluding hydrogens is 298 g/mol. The number of pyridine rings is 1. The Labute approximate surface area is 130 Å². The minimum atomic E-state index is -3.44. The number of rotatable bonds is 3. The topological polar surface area (TPSA) is 53.5 Å². The van der Waals surface area contributed by atoms with Crippen LogP contribution in [-0.2, 0) is 10.0 Å². The molecule has 116 valence electrons.